The predicted octanol–water partition coefficient (Wildman–Crippen LogP) is 0.835. The minimum absolute atomic E-state index is 0.154. The first kappa shape index (κ1) is 13.0. The van der Waals surface area contributed by atoms with Gasteiger partial charge in [-0.15, -0.1) is 0 Å². The third-order valence-electron chi connectivity index (χ3n) is 1.91. The number of hydrogen-bond acceptors (Lipinski definition) is 3. The molecule has 5 heteroatoms. The van der Waals surface area contributed by atoms with Crippen LogP contribution in [0.3, 0.4) is 0 Å². The summed E-state index contributed by atoms with van der Waals surface area (Å²) in [6.45, 7) is 10.0. The van der Waals surface area contributed by atoms with E-state index in [0.717, 1.165) is 0 Å². The monoisotopic (exact) mass is 207 g/mol. The second kappa shape index (κ2) is 5.70. The zero-order chi connectivity index (χ0) is 10.6. The lowest BCUT2D eigenvalue weighted by Gasteiger charge is -2.36. The van der Waals surface area contributed by atoms with Crippen molar-refractivity contribution in [2.75, 3.05) is 0 Å². The summed E-state index contributed by atoms with van der Waals surface area (Å²) in [5.74, 6) is 0. The van der Waals surface area contributed by atoms with Crippen LogP contribution in [0.1, 0.15) is 34.6 Å². The molecule has 0 aromatic rings. The van der Waals surface area contributed by atoms with E-state index < -0.39 is 11.3 Å². The van der Waals surface area contributed by atoms with Crippen LogP contribution in [0.5, 0.6) is 0 Å². The molecule has 0 heterocycles. The number of rotatable bonds is 5. The highest BCUT2D eigenvalue weighted by atomic mass is 32.2. The van der Waals surface area contributed by atoms with E-state index >= 15 is 0 Å². The minimum Gasteiger partial charge on any atom is -0.760 e. The Morgan fingerprint density at radius 3 is 1.77 bits per heavy atom. The molecule has 0 aromatic carbocycles. The van der Waals surface area contributed by atoms with Crippen LogP contribution in [0.15, 0.2) is 0 Å². The largest absolute Gasteiger partial charge is 0.760 e. The van der Waals surface area contributed by atoms with Crippen molar-refractivity contribution < 1.29 is 8.76 Å². The zero-order valence-corrected chi connectivity index (χ0v) is 9.72. The van der Waals surface area contributed by atoms with Gasteiger partial charge < -0.3 is 4.55 Å². The van der Waals surface area contributed by atoms with Crippen LogP contribution in [0, 0.1) is 0 Å². The normalized spacial score (nSPS) is 17.0. The van der Waals surface area contributed by atoms with Gasteiger partial charge in [-0.05, 0) is 34.6 Å². The molecule has 0 radical (unpaired) electrons. The Morgan fingerprint density at radius 2 is 1.54 bits per heavy atom. The third-order valence-corrected chi connectivity index (χ3v) is 2.44. The quantitative estimate of drug-likeness (QED) is 0.537. The van der Waals surface area contributed by atoms with Gasteiger partial charge in [0.15, 0.2) is 0 Å². The number of hydrogen-bond donors (Lipinski definition) is 1. The van der Waals surface area contributed by atoms with Gasteiger partial charge in [-0.1, -0.05) is 0 Å². The van der Waals surface area contributed by atoms with Gasteiger partial charge in [0.05, 0.1) is 6.17 Å². The maximum absolute atomic E-state index is 10.4. The Kier molecular flexibility index (Phi) is 5.71. The molecular formula is C8H19N2O2S-. The summed E-state index contributed by atoms with van der Waals surface area (Å²) in [5, 5.41) is 0. The van der Waals surface area contributed by atoms with Crippen LogP contribution >= 0.6 is 0 Å². The summed E-state index contributed by atoms with van der Waals surface area (Å²) in [6.07, 6.45) is -0.154. The Hall–Kier alpha value is 0.0300. The summed E-state index contributed by atoms with van der Waals surface area (Å²) >= 11 is -2.19. The van der Waals surface area contributed by atoms with Crippen LogP contribution in [0.4, 0.5) is 0 Å². The first-order valence-corrected chi connectivity index (χ1v) is 5.56. The smallest absolute Gasteiger partial charge is 0.0680 e. The summed E-state index contributed by atoms with van der Waals surface area (Å²) in [6, 6.07) is 0.650. The van der Waals surface area contributed by atoms with E-state index in [1.165, 1.54) is 0 Å². The highest BCUT2D eigenvalue weighted by molar-refractivity contribution is 7.77. The fourth-order valence-electron chi connectivity index (χ4n) is 1.69. The molecule has 13 heavy (non-hydrogen) atoms. The molecular weight excluding hydrogens is 188 g/mol. The molecule has 0 amide bonds. The van der Waals surface area contributed by atoms with Gasteiger partial charge >= 0.3 is 0 Å². The summed E-state index contributed by atoms with van der Waals surface area (Å²) in [4.78, 5) is 2.09. The second-order valence-electron chi connectivity index (χ2n) is 3.66. The maximum atomic E-state index is 10.4. The van der Waals surface area contributed by atoms with Gasteiger partial charge in [-0.2, -0.15) is 0 Å². The van der Waals surface area contributed by atoms with Gasteiger partial charge in [0, 0.05) is 23.4 Å². The molecule has 0 spiro atoms. The van der Waals surface area contributed by atoms with Gasteiger partial charge in [0.1, 0.15) is 0 Å². The van der Waals surface area contributed by atoms with E-state index in [1.54, 1.807) is 0 Å². The van der Waals surface area contributed by atoms with E-state index in [9.17, 15) is 8.76 Å². The van der Waals surface area contributed by atoms with Crippen molar-refractivity contribution in [2.45, 2.75) is 52.9 Å². The Morgan fingerprint density at radius 1 is 1.15 bits per heavy atom. The van der Waals surface area contributed by atoms with Crippen molar-refractivity contribution in [1.82, 2.24) is 9.62 Å². The summed E-state index contributed by atoms with van der Waals surface area (Å²) in [7, 11) is 0. The molecule has 1 N–H and O–H groups in total. The van der Waals surface area contributed by atoms with Gasteiger partial charge in [0.2, 0.25) is 0 Å². The molecule has 2 atom stereocenters. The van der Waals surface area contributed by atoms with Crippen molar-refractivity contribution in [2.24, 2.45) is 0 Å². The molecule has 0 fully saturated rings. The molecule has 0 saturated carbocycles. The van der Waals surface area contributed by atoms with Gasteiger partial charge in [0.25, 0.3) is 0 Å². The second-order valence-corrected chi connectivity index (χ2v) is 4.37. The average molecular weight is 207 g/mol. The fraction of sp³-hybridized carbons (Fsp3) is 1.00. The fourth-order valence-corrected chi connectivity index (χ4v) is 2.09. The van der Waals surface area contributed by atoms with E-state index in [4.69, 9.17) is 0 Å². The first-order valence-electron chi connectivity index (χ1n) is 4.49. The lowest BCUT2D eigenvalue weighted by Crippen LogP contribution is -2.50. The molecule has 0 bridgehead atoms. The SMILES string of the molecule is CC(C)N(C(C)C)C(C)NS(=O)[O-]. The molecule has 0 aromatic heterocycles. The highest BCUT2D eigenvalue weighted by Gasteiger charge is 2.19. The van der Waals surface area contributed by atoms with Crippen molar-refractivity contribution in [3.8, 4) is 0 Å². The third kappa shape index (κ3) is 4.71. The van der Waals surface area contributed by atoms with E-state index in [0.29, 0.717) is 12.1 Å². The zero-order valence-electron chi connectivity index (χ0n) is 8.90. The molecule has 0 aliphatic rings. The van der Waals surface area contributed by atoms with Crippen LogP contribution in [-0.4, -0.2) is 31.9 Å². The number of nitrogens with one attached hydrogen (secondary N) is 1. The van der Waals surface area contributed by atoms with Crippen molar-refractivity contribution >= 4 is 11.3 Å². The number of nitrogens with zero attached hydrogens (tertiary/aromatic N) is 1. The lowest BCUT2D eigenvalue weighted by molar-refractivity contribution is 0.115. The maximum Gasteiger partial charge on any atom is 0.0680 e. The molecule has 80 valence electrons. The average Bonchev–Trinajstić information content (AvgIpc) is 1.81. The Labute approximate surface area is 83.1 Å². The highest BCUT2D eigenvalue weighted by Crippen LogP contribution is 2.08. The molecule has 2 unspecified atom stereocenters. The van der Waals surface area contributed by atoms with E-state index in [1.807, 2.05) is 34.6 Å². The summed E-state index contributed by atoms with van der Waals surface area (Å²) in [5.41, 5.74) is 0. The van der Waals surface area contributed by atoms with Crippen LogP contribution in [0.2, 0.25) is 0 Å². The van der Waals surface area contributed by atoms with Crippen molar-refractivity contribution in [3.63, 3.8) is 0 Å². The first-order chi connectivity index (χ1) is 5.86. The van der Waals surface area contributed by atoms with Crippen LogP contribution < -0.4 is 4.72 Å². The standard InChI is InChI=1S/C8H20N2O2S/c1-6(2)10(7(3)4)8(5)9-13(11)12/h6-9H,1-5H3,(H,11,12)/p-1. The minimum atomic E-state index is -2.19. The topological polar surface area (TPSA) is 55.4 Å². The van der Waals surface area contributed by atoms with Crippen LogP contribution in [0.25, 0.3) is 0 Å². The molecule has 0 aliphatic carbocycles. The van der Waals surface area contributed by atoms with Crippen molar-refractivity contribution in [1.29, 1.82) is 0 Å². The van der Waals surface area contributed by atoms with E-state index in [2.05, 4.69) is 9.62 Å². The Bertz CT molecular complexity index is 166. The van der Waals surface area contributed by atoms with Crippen LogP contribution in [-0.2, 0) is 11.3 Å². The molecule has 0 rings (SSSR count). The molecule has 0 aliphatic heterocycles. The molecule has 4 nitrogen and oxygen atoms in total. The van der Waals surface area contributed by atoms with Gasteiger partial charge in [-0.25, -0.2) is 4.72 Å². The summed E-state index contributed by atoms with van der Waals surface area (Å²) < 4.78 is 23.3. The van der Waals surface area contributed by atoms with Crippen molar-refractivity contribution in [3.05, 3.63) is 0 Å². The van der Waals surface area contributed by atoms with Gasteiger partial charge in [-0.3, -0.25) is 9.11 Å². The molecule has 0 saturated heterocycles. The lowest BCUT2D eigenvalue weighted by atomic mass is 10.2. The Balaban J connectivity index is 4.28. The predicted molar refractivity (Wildman–Crippen MR) is 53.6 cm³/mol. The van der Waals surface area contributed by atoms with E-state index in [-0.39, 0.29) is 6.17 Å².